The fourth-order valence-corrected chi connectivity index (χ4v) is 3.94. The number of aryl methyl sites for hydroxylation is 1. The Balaban J connectivity index is 1.67. The van der Waals surface area contributed by atoms with Crippen LogP contribution in [-0.2, 0) is 24.2 Å². The molecule has 0 radical (unpaired) electrons. The summed E-state index contributed by atoms with van der Waals surface area (Å²) in [5, 5.41) is 7.85. The van der Waals surface area contributed by atoms with E-state index in [9.17, 15) is 4.79 Å². The number of amides is 1. The summed E-state index contributed by atoms with van der Waals surface area (Å²) in [6, 6.07) is 14.5. The highest BCUT2D eigenvalue weighted by atomic mass is 16.1. The molecule has 2 aromatic carbocycles. The molecular weight excluding hydrogens is 322 g/mol. The number of aromatic nitrogens is 1. The molecule has 0 atom stereocenters. The number of anilines is 1. The molecule has 134 valence electrons. The average Bonchev–Trinajstić information content (AvgIpc) is 2.79. The van der Waals surface area contributed by atoms with Crippen LogP contribution in [0.4, 0.5) is 5.69 Å². The minimum Gasteiger partial charge on any atom is -0.335 e. The Labute approximate surface area is 154 Å². The molecule has 1 amide bonds. The normalized spacial score (nSPS) is 14.1. The number of para-hydroxylation sites is 1. The van der Waals surface area contributed by atoms with Gasteiger partial charge in [-0.15, -0.1) is 0 Å². The third-order valence-electron chi connectivity index (χ3n) is 5.46. The average molecular weight is 347 g/mol. The van der Waals surface area contributed by atoms with Crippen LogP contribution in [0.15, 0.2) is 42.5 Å². The standard InChI is InChI=1S/C22H25N3O/c1-15-6-5-8-19(16(15)2)24-22(26)14-25-20-9-4-3-7-17(20)18-10-12-23-13-11-21(18)25/h3-9,23H,10-14H2,1-2H3,(H,24,26). The van der Waals surface area contributed by atoms with Crippen molar-refractivity contribution in [3.8, 4) is 0 Å². The maximum atomic E-state index is 12.8. The minimum absolute atomic E-state index is 0.0273. The molecular formula is C22H25N3O. The van der Waals surface area contributed by atoms with E-state index in [1.54, 1.807) is 0 Å². The lowest BCUT2D eigenvalue weighted by atomic mass is 10.1. The molecule has 0 saturated carbocycles. The van der Waals surface area contributed by atoms with Gasteiger partial charge in [0.15, 0.2) is 0 Å². The van der Waals surface area contributed by atoms with Gasteiger partial charge in [0.05, 0.1) is 0 Å². The number of benzene rings is 2. The number of nitrogens with zero attached hydrogens (tertiary/aromatic N) is 1. The van der Waals surface area contributed by atoms with Crippen molar-refractivity contribution in [3.05, 3.63) is 64.8 Å². The minimum atomic E-state index is 0.0273. The Morgan fingerprint density at radius 2 is 1.88 bits per heavy atom. The molecule has 2 N–H and O–H groups in total. The molecule has 0 bridgehead atoms. The smallest absolute Gasteiger partial charge is 0.244 e. The van der Waals surface area contributed by atoms with E-state index in [0.717, 1.165) is 42.7 Å². The number of hydrogen-bond acceptors (Lipinski definition) is 2. The Kier molecular flexibility index (Phi) is 4.51. The number of hydrogen-bond donors (Lipinski definition) is 2. The van der Waals surface area contributed by atoms with E-state index in [2.05, 4.69) is 52.5 Å². The van der Waals surface area contributed by atoms with Crippen molar-refractivity contribution in [2.45, 2.75) is 33.2 Å². The summed E-state index contributed by atoms with van der Waals surface area (Å²) in [6.07, 6.45) is 1.97. The Hall–Kier alpha value is -2.59. The van der Waals surface area contributed by atoms with E-state index in [1.165, 1.54) is 22.2 Å². The van der Waals surface area contributed by atoms with Crippen LogP contribution >= 0.6 is 0 Å². The summed E-state index contributed by atoms with van der Waals surface area (Å²) >= 11 is 0. The van der Waals surface area contributed by atoms with Gasteiger partial charge in [0, 0.05) is 35.2 Å². The second-order valence-electron chi connectivity index (χ2n) is 7.07. The lowest BCUT2D eigenvalue weighted by molar-refractivity contribution is -0.116. The van der Waals surface area contributed by atoms with Gasteiger partial charge in [-0.3, -0.25) is 4.79 Å². The molecule has 1 aromatic heterocycles. The van der Waals surface area contributed by atoms with Crippen LogP contribution in [0, 0.1) is 13.8 Å². The molecule has 2 heterocycles. The summed E-state index contributed by atoms with van der Waals surface area (Å²) in [5.41, 5.74) is 7.07. The van der Waals surface area contributed by atoms with Crippen LogP contribution in [-0.4, -0.2) is 23.6 Å². The molecule has 0 fully saturated rings. The van der Waals surface area contributed by atoms with Gasteiger partial charge in [-0.25, -0.2) is 0 Å². The number of fused-ring (bicyclic) bond motifs is 3. The molecule has 0 unspecified atom stereocenters. The molecule has 0 aliphatic carbocycles. The molecule has 3 aromatic rings. The third kappa shape index (κ3) is 3.01. The SMILES string of the molecule is Cc1cccc(NC(=O)Cn2c3c(c4ccccc42)CCNCC3)c1C. The third-order valence-corrected chi connectivity index (χ3v) is 5.46. The summed E-state index contributed by atoms with van der Waals surface area (Å²) in [5.74, 6) is 0.0273. The first-order valence-corrected chi connectivity index (χ1v) is 9.31. The van der Waals surface area contributed by atoms with Crippen molar-refractivity contribution in [3.63, 3.8) is 0 Å². The fourth-order valence-electron chi connectivity index (χ4n) is 3.94. The highest BCUT2D eigenvalue weighted by Crippen LogP contribution is 2.28. The molecule has 0 saturated heterocycles. The lowest BCUT2D eigenvalue weighted by Crippen LogP contribution is -2.22. The van der Waals surface area contributed by atoms with E-state index in [0.29, 0.717) is 6.54 Å². The van der Waals surface area contributed by atoms with Gasteiger partial charge >= 0.3 is 0 Å². The van der Waals surface area contributed by atoms with Crippen molar-refractivity contribution in [2.24, 2.45) is 0 Å². The van der Waals surface area contributed by atoms with Crippen molar-refractivity contribution in [1.82, 2.24) is 9.88 Å². The Morgan fingerprint density at radius 1 is 1.08 bits per heavy atom. The van der Waals surface area contributed by atoms with Gasteiger partial charge in [-0.2, -0.15) is 0 Å². The summed E-state index contributed by atoms with van der Waals surface area (Å²) in [7, 11) is 0. The van der Waals surface area contributed by atoms with Crippen LogP contribution in [0.2, 0.25) is 0 Å². The predicted octanol–water partition coefficient (Wildman–Crippen LogP) is 3.59. The monoisotopic (exact) mass is 347 g/mol. The van der Waals surface area contributed by atoms with E-state index < -0.39 is 0 Å². The number of carbonyl (C=O) groups is 1. The van der Waals surface area contributed by atoms with Crippen LogP contribution in [0.25, 0.3) is 10.9 Å². The van der Waals surface area contributed by atoms with E-state index in [1.807, 2.05) is 19.1 Å². The summed E-state index contributed by atoms with van der Waals surface area (Å²) in [6.45, 7) is 6.42. The highest BCUT2D eigenvalue weighted by Gasteiger charge is 2.20. The number of carbonyl (C=O) groups excluding carboxylic acids is 1. The van der Waals surface area contributed by atoms with Crippen molar-refractivity contribution in [1.29, 1.82) is 0 Å². The molecule has 26 heavy (non-hydrogen) atoms. The molecule has 1 aliphatic heterocycles. The maximum Gasteiger partial charge on any atom is 0.244 e. The van der Waals surface area contributed by atoms with Crippen LogP contribution in [0.5, 0.6) is 0 Å². The Morgan fingerprint density at radius 3 is 2.77 bits per heavy atom. The van der Waals surface area contributed by atoms with Crippen LogP contribution in [0.3, 0.4) is 0 Å². The first kappa shape index (κ1) is 16.9. The second kappa shape index (κ2) is 6.96. The molecule has 0 spiro atoms. The molecule has 1 aliphatic rings. The van der Waals surface area contributed by atoms with Crippen LogP contribution in [0.1, 0.15) is 22.4 Å². The van der Waals surface area contributed by atoms with Crippen LogP contribution < -0.4 is 10.6 Å². The van der Waals surface area contributed by atoms with Gasteiger partial charge < -0.3 is 15.2 Å². The van der Waals surface area contributed by atoms with Gasteiger partial charge in [-0.1, -0.05) is 30.3 Å². The zero-order chi connectivity index (χ0) is 18.1. The van der Waals surface area contributed by atoms with E-state index >= 15 is 0 Å². The highest BCUT2D eigenvalue weighted by molar-refractivity contribution is 5.94. The first-order chi connectivity index (χ1) is 12.6. The van der Waals surface area contributed by atoms with E-state index in [-0.39, 0.29) is 5.91 Å². The topological polar surface area (TPSA) is 46.1 Å². The number of rotatable bonds is 3. The zero-order valence-electron chi connectivity index (χ0n) is 15.4. The summed E-state index contributed by atoms with van der Waals surface area (Å²) in [4.78, 5) is 12.8. The van der Waals surface area contributed by atoms with Gasteiger partial charge in [0.2, 0.25) is 5.91 Å². The van der Waals surface area contributed by atoms with E-state index in [4.69, 9.17) is 0 Å². The molecule has 4 rings (SSSR count). The lowest BCUT2D eigenvalue weighted by Gasteiger charge is -2.13. The quantitative estimate of drug-likeness (QED) is 0.761. The van der Waals surface area contributed by atoms with Gasteiger partial charge in [0.25, 0.3) is 0 Å². The molecule has 4 heteroatoms. The van der Waals surface area contributed by atoms with Crippen molar-refractivity contribution < 1.29 is 4.79 Å². The Bertz CT molecular complexity index is 971. The summed E-state index contributed by atoms with van der Waals surface area (Å²) < 4.78 is 2.21. The molecule has 4 nitrogen and oxygen atoms in total. The maximum absolute atomic E-state index is 12.8. The zero-order valence-corrected chi connectivity index (χ0v) is 15.4. The van der Waals surface area contributed by atoms with Gasteiger partial charge in [0.1, 0.15) is 6.54 Å². The van der Waals surface area contributed by atoms with Crippen molar-refractivity contribution in [2.75, 3.05) is 18.4 Å². The predicted molar refractivity (Wildman–Crippen MR) is 107 cm³/mol. The van der Waals surface area contributed by atoms with Gasteiger partial charge in [-0.05, 0) is 55.6 Å². The first-order valence-electron chi connectivity index (χ1n) is 9.31. The number of nitrogens with one attached hydrogen (secondary N) is 2. The van der Waals surface area contributed by atoms with Crippen molar-refractivity contribution >= 4 is 22.5 Å². The fraction of sp³-hybridized carbons (Fsp3) is 0.318. The largest absolute Gasteiger partial charge is 0.335 e. The second-order valence-corrected chi connectivity index (χ2v) is 7.07.